The topological polar surface area (TPSA) is 49.8 Å². The summed E-state index contributed by atoms with van der Waals surface area (Å²) in [5, 5.41) is 10.6. The van der Waals surface area contributed by atoms with E-state index in [0.29, 0.717) is 24.2 Å². The number of carbonyl (C=O) groups excluding carboxylic acids is 1. The van der Waals surface area contributed by atoms with Crippen molar-refractivity contribution in [3.63, 3.8) is 0 Å². The van der Waals surface area contributed by atoms with Crippen LogP contribution < -0.4 is 4.74 Å². The van der Waals surface area contributed by atoms with Gasteiger partial charge >= 0.3 is 0 Å². The van der Waals surface area contributed by atoms with Crippen molar-refractivity contribution in [2.24, 2.45) is 11.8 Å². The maximum absolute atomic E-state index is 13.2. The zero-order valence-electron chi connectivity index (χ0n) is 15.9. The van der Waals surface area contributed by atoms with Gasteiger partial charge in [0.1, 0.15) is 11.4 Å². The molecule has 1 spiro atoms. The molecule has 1 N–H and O–H groups in total. The van der Waals surface area contributed by atoms with Crippen molar-refractivity contribution in [1.82, 2.24) is 4.90 Å². The first-order chi connectivity index (χ1) is 13.7. The Bertz CT molecular complexity index is 946. The number of ether oxygens (including phenoxy) is 1. The molecule has 2 aromatic rings. The summed E-state index contributed by atoms with van der Waals surface area (Å²) in [4.78, 5) is 15.2. The number of amides is 1. The van der Waals surface area contributed by atoms with Gasteiger partial charge in [-0.25, -0.2) is 0 Å². The third kappa shape index (κ3) is 2.37. The molecule has 1 saturated carbocycles. The van der Waals surface area contributed by atoms with Crippen molar-refractivity contribution in [3.8, 4) is 5.75 Å². The molecule has 28 heavy (non-hydrogen) atoms. The van der Waals surface area contributed by atoms with E-state index < -0.39 is 6.10 Å². The number of nitrogens with zero attached hydrogens (tertiary/aromatic N) is 1. The van der Waals surface area contributed by atoms with Crippen molar-refractivity contribution in [2.45, 2.75) is 43.3 Å². The molecule has 6 rings (SSSR count). The number of likely N-dealkylation sites (tertiary alicyclic amines) is 1. The summed E-state index contributed by atoms with van der Waals surface area (Å²) in [6.07, 6.45) is 2.78. The van der Waals surface area contributed by atoms with Crippen molar-refractivity contribution >= 4 is 5.91 Å². The Morgan fingerprint density at radius 3 is 2.57 bits per heavy atom. The Morgan fingerprint density at radius 1 is 1.04 bits per heavy atom. The van der Waals surface area contributed by atoms with Crippen LogP contribution in [0.25, 0.3) is 0 Å². The largest absolute Gasteiger partial charge is 0.487 e. The Labute approximate surface area is 165 Å². The molecule has 0 radical (unpaired) electrons. The monoisotopic (exact) mass is 375 g/mol. The Kier molecular flexibility index (Phi) is 3.46. The van der Waals surface area contributed by atoms with Crippen molar-refractivity contribution in [1.29, 1.82) is 0 Å². The Hall–Kier alpha value is -2.33. The molecule has 1 amide bonds. The van der Waals surface area contributed by atoms with Gasteiger partial charge in [-0.05, 0) is 35.4 Å². The lowest BCUT2D eigenvalue weighted by molar-refractivity contribution is -0.138. The molecule has 2 fully saturated rings. The quantitative estimate of drug-likeness (QED) is 0.831. The second-order valence-corrected chi connectivity index (χ2v) is 8.99. The fraction of sp³-hybridized carbons (Fsp3) is 0.458. The number of carbonyl (C=O) groups is 1. The highest BCUT2D eigenvalue weighted by atomic mass is 16.5. The number of fused-ring (bicyclic) bond motifs is 4. The molecule has 2 aromatic carbocycles. The molecule has 4 heteroatoms. The standard InChI is InChI=1S/C24H25NO3/c26-19-14-24(28-20-8-4-3-7-17(19)20)9-11-25(12-10-24)23(27)22-18-13-15-5-1-2-6-16(15)21(18)22/h1-8,18-19,21-22,26H,9-14H2. The number of para-hydroxylation sites is 1. The summed E-state index contributed by atoms with van der Waals surface area (Å²) in [5.41, 5.74) is 3.38. The first-order valence-electron chi connectivity index (χ1n) is 10.5. The van der Waals surface area contributed by atoms with Crippen LogP contribution in [0.5, 0.6) is 5.75 Å². The van der Waals surface area contributed by atoms with E-state index >= 15 is 0 Å². The normalized spacial score (nSPS) is 31.5. The van der Waals surface area contributed by atoms with E-state index in [1.54, 1.807) is 0 Å². The highest BCUT2D eigenvalue weighted by Gasteiger charge is 2.60. The van der Waals surface area contributed by atoms with Gasteiger partial charge in [0.15, 0.2) is 0 Å². The van der Waals surface area contributed by atoms with Gasteiger partial charge in [0, 0.05) is 43.8 Å². The first-order valence-corrected chi connectivity index (χ1v) is 10.5. The average Bonchev–Trinajstić information content (AvgIpc) is 3.29. The maximum atomic E-state index is 13.2. The van der Waals surface area contributed by atoms with Crippen LogP contribution in [0.1, 0.15) is 48.0 Å². The summed E-state index contributed by atoms with van der Waals surface area (Å²) < 4.78 is 6.36. The van der Waals surface area contributed by atoms with E-state index in [9.17, 15) is 9.90 Å². The lowest BCUT2D eigenvalue weighted by atomic mass is 9.81. The number of aliphatic hydroxyl groups is 1. The molecule has 2 heterocycles. The zero-order chi connectivity index (χ0) is 18.9. The molecule has 0 aromatic heterocycles. The lowest BCUT2D eigenvalue weighted by Gasteiger charge is -2.46. The minimum absolute atomic E-state index is 0.183. The van der Waals surface area contributed by atoms with E-state index in [1.807, 2.05) is 29.2 Å². The van der Waals surface area contributed by atoms with Crippen LogP contribution in [-0.2, 0) is 11.2 Å². The summed E-state index contributed by atoms with van der Waals surface area (Å²) >= 11 is 0. The number of benzene rings is 2. The third-order valence-corrected chi connectivity index (χ3v) is 7.48. The molecule has 4 aliphatic rings. The maximum Gasteiger partial charge on any atom is 0.226 e. The van der Waals surface area contributed by atoms with Gasteiger partial charge < -0.3 is 14.7 Å². The van der Waals surface area contributed by atoms with Gasteiger partial charge in [-0.3, -0.25) is 4.79 Å². The van der Waals surface area contributed by atoms with Gasteiger partial charge in [0.05, 0.1) is 6.10 Å². The van der Waals surface area contributed by atoms with Crippen LogP contribution in [0.4, 0.5) is 0 Å². The molecule has 1 saturated heterocycles. The fourth-order valence-electron chi connectivity index (χ4n) is 5.93. The van der Waals surface area contributed by atoms with Gasteiger partial charge in [-0.15, -0.1) is 0 Å². The molecule has 2 aliphatic heterocycles. The van der Waals surface area contributed by atoms with Gasteiger partial charge in [-0.1, -0.05) is 42.5 Å². The smallest absolute Gasteiger partial charge is 0.226 e. The van der Waals surface area contributed by atoms with Crippen molar-refractivity contribution in [2.75, 3.05) is 13.1 Å². The highest BCUT2D eigenvalue weighted by molar-refractivity contribution is 5.85. The third-order valence-electron chi connectivity index (χ3n) is 7.48. The molecule has 144 valence electrons. The van der Waals surface area contributed by atoms with Crippen LogP contribution in [0.15, 0.2) is 48.5 Å². The molecular weight excluding hydrogens is 350 g/mol. The lowest BCUT2D eigenvalue weighted by Crippen LogP contribution is -2.52. The van der Waals surface area contributed by atoms with Crippen molar-refractivity contribution in [3.05, 3.63) is 65.2 Å². The number of piperidine rings is 1. The fourth-order valence-corrected chi connectivity index (χ4v) is 5.93. The zero-order valence-corrected chi connectivity index (χ0v) is 15.9. The second-order valence-electron chi connectivity index (χ2n) is 8.99. The molecule has 2 aliphatic carbocycles. The molecule has 4 nitrogen and oxygen atoms in total. The minimum Gasteiger partial charge on any atom is -0.487 e. The van der Waals surface area contributed by atoms with Crippen LogP contribution in [0.2, 0.25) is 0 Å². The van der Waals surface area contributed by atoms with Crippen LogP contribution in [-0.4, -0.2) is 34.6 Å². The van der Waals surface area contributed by atoms with Gasteiger partial charge in [0.2, 0.25) is 5.91 Å². The van der Waals surface area contributed by atoms with E-state index in [1.165, 1.54) is 11.1 Å². The number of aliphatic hydroxyl groups excluding tert-OH is 1. The Balaban J connectivity index is 1.14. The van der Waals surface area contributed by atoms with Crippen LogP contribution >= 0.6 is 0 Å². The minimum atomic E-state index is -0.480. The summed E-state index contributed by atoms with van der Waals surface area (Å²) in [5.74, 6) is 2.27. The van der Waals surface area contributed by atoms with Gasteiger partial charge in [-0.2, -0.15) is 0 Å². The number of rotatable bonds is 1. The van der Waals surface area contributed by atoms with E-state index in [-0.39, 0.29) is 11.5 Å². The van der Waals surface area contributed by atoms with E-state index in [2.05, 4.69) is 24.3 Å². The predicted octanol–water partition coefficient (Wildman–Crippen LogP) is 3.45. The summed E-state index contributed by atoms with van der Waals surface area (Å²) in [7, 11) is 0. The number of hydrogen-bond donors (Lipinski definition) is 1. The molecular formula is C24H25NO3. The summed E-state index contributed by atoms with van der Waals surface area (Å²) in [6, 6.07) is 16.4. The van der Waals surface area contributed by atoms with Gasteiger partial charge in [0.25, 0.3) is 0 Å². The van der Waals surface area contributed by atoms with Crippen LogP contribution in [0, 0.1) is 11.8 Å². The van der Waals surface area contributed by atoms with E-state index in [4.69, 9.17) is 4.74 Å². The molecule has 4 atom stereocenters. The molecule has 0 bridgehead atoms. The molecule has 4 unspecified atom stereocenters. The Morgan fingerprint density at radius 2 is 1.75 bits per heavy atom. The predicted molar refractivity (Wildman–Crippen MR) is 105 cm³/mol. The summed E-state index contributed by atoms with van der Waals surface area (Å²) in [6.45, 7) is 1.45. The second kappa shape index (κ2) is 5.84. The first kappa shape index (κ1) is 16.6. The number of hydrogen-bond acceptors (Lipinski definition) is 3. The van der Waals surface area contributed by atoms with E-state index in [0.717, 1.165) is 43.7 Å². The highest BCUT2D eigenvalue weighted by Crippen LogP contribution is 2.62. The van der Waals surface area contributed by atoms with Crippen LogP contribution in [0.3, 0.4) is 0 Å². The average molecular weight is 375 g/mol. The SMILES string of the molecule is O=C(C1C2Cc3ccccc3C21)N1CCC2(CC1)CC(O)c1ccccc1O2. The van der Waals surface area contributed by atoms with Crippen molar-refractivity contribution < 1.29 is 14.6 Å².